The lowest BCUT2D eigenvalue weighted by atomic mass is 10.1. The van der Waals surface area contributed by atoms with Gasteiger partial charge >= 0.3 is 0 Å². The molecule has 24 heavy (non-hydrogen) atoms. The second-order valence-electron chi connectivity index (χ2n) is 5.60. The Balaban J connectivity index is 0.00000288. The second-order valence-corrected chi connectivity index (χ2v) is 7.01. The standard InChI is InChI=1S/C17H26FN3OS.HI/c1-3-15-11-21(7-8-23-15)17(19-4-2)20-10-13-5-6-16(18)14(9-13)12-22;/h5-6,9,15,22H,3-4,7-8,10-12H2,1-2H3,(H,19,20);1H. The molecule has 1 heterocycles. The summed E-state index contributed by atoms with van der Waals surface area (Å²) in [5.41, 5.74) is 1.23. The van der Waals surface area contributed by atoms with Crippen LogP contribution in [-0.4, -0.2) is 46.6 Å². The Morgan fingerprint density at radius 2 is 2.25 bits per heavy atom. The topological polar surface area (TPSA) is 47.9 Å². The smallest absolute Gasteiger partial charge is 0.194 e. The van der Waals surface area contributed by atoms with Crippen molar-refractivity contribution >= 4 is 41.7 Å². The van der Waals surface area contributed by atoms with Crippen molar-refractivity contribution in [2.45, 2.75) is 38.7 Å². The lowest BCUT2D eigenvalue weighted by Gasteiger charge is -2.34. The van der Waals surface area contributed by atoms with Crippen LogP contribution in [0.25, 0.3) is 0 Å². The van der Waals surface area contributed by atoms with Gasteiger partial charge in [0.15, 0.2) is 5.96 Å². The molecule has 1 fully saturated rings. The number of aliphatic hydroxyl groups excluding tert-OH is 1. The zero-order chi connectivity index (χ0) is 16.7. The summed E-state index contributed by atoms with van der Waals surface area (Å²) in [5, 5.41) is 13.2. The van der Waals surface area contributed by atoms with E-state index in [4.69, 9.17) is 10.1 Å². The molecule has 4 nitrogen and oxygen atoms in total. The van der Waals surface area contributed by atoms with Crippen LogP contribution >= 0.6 is 35.7 Å². The first-order chi connectivity index (χ1) is 11.2. The summed E-state index contributed by atoms with van der Waals surface area (Å²) in [6.07, 6.45) is 1.17. The Bertz CT molecular complexity index is 545. The Morgan fingerprint density at radius 1 is 1.46 bits per heavy atom. The Labute approximate surface area is 165 Å². The summed E-state index contributed by atoms with van der Waals surface area (Å²) < 4.78 is 13.4. The number of nitrogens with one attached hydrogen (secondary N) is 1. The van der Waals surface area contributed by atoms with Crippen molar-refractivity contribution in [3.05, 3.63) is 35.1 Å². The maximum atomic E-state index is 13.4. The minimum absolute atomic E-state index is 0. The first-order valence-corrected chi connectivity index (χ1v) is 9.25. The van der Waals surface area contributed by atoms with Crippen LogP contribution in [0.2, 0.25) is 0 Å². The lowest BCUT2D eigenvalue weighted by Crippen LogP contribution is -2.48. The van der Waals surface area contributed by atoms with Crippen molar-refractivity contribution < 1.29 is 9.50 Å². The molecule has 136 valence electrons. The number of aliphatic imine (C=N–C) groups is 1. The van der Waals surface area contributed by atoms with Crippen LogP contribution in [0.15, 0.2) is 23.2 Å². The molecule has 1 atom stereocenters. The number of aliphatic hydroxyl groups is 1. The predicted molar refractivity (Wildman–Crippen MR) is 111 cm³/mol. The second kappa shape index (κ2) is 11.1. The highest BCUT2D eigenvalue weighted by Gasteiger charge is 2.21. The van der Waals surface area contributed by atoms with E-state index in [1.165, 1.54) is 12.5 Å². The summed E-state index contributed by atoms with van der Waals surface area (Å²) in [4.78, 5) is 7.01. The molecule has 0 saturated carbocycles. The van der Waals surface area contributed by atoms with Gasteiger partial charge in [0.1, 0.15) is 5.82 Å². The molecule has 1 aromatic rings. The molecule has 0 bridgehead atoms. The zero-order valence-corrected chi connectivity index (χ0v) is 17.4. The Hall–Kier alpha value is -0.540. The Kier molecular flexibility index (Phi) is 9.99. The van der Waals surface area contributed by atoms with Gasteiger partial charge in [0.05, 0.1) is 13.2 Å². The van der Waals surface area contributed by atoms with Crippen molar-refractivity contribution in [2.24, 2.45) is 4.99 Å². The van der Waals surface area contributed by atoms with E-state index in [1.54, 1.807) is 12.1 Å². The molecule has 0 aromatic heterocycles. The van der Waals surface area contributed by atoms with Crippen molar-refractivity contribution in [1.29, 1.82) is 0 Å². The van der Waals surface area contributed by atoms with Crippen molar-refractivity contribution in [2.75, 3.05) is 25.4 Å². The molecule has 0 aliphatic carbocycles. The van der Waals surface area contributed by atoms with Gasteiger partial charge in [0, 0.05) is 36.2 Å². The first kappa shape index (κ1) is 21.5. The third-order valence-electron chi connectivity index (χ3n) is 3.92. The van der Waals surface area contributed by atoms with E-state index < -0.39 is 0 Å². The van der Waals surface area contributed by atoms with Crippen LogP contribution in [0.1, 0.15) is 31.4 Å². The van der Waals surface area contributed by atoms with Crippen LogP contribution < -0.4 is 5.32 Å². The van der Waals surface area contributed by atoms with Gasteiger partial charge in [-0.1, -0.05) is 13.0 Å². The maximum absolute atomic E-state index is 13.4. The summed E-state index contributed by atoms with van der Waals surface area (Å²) in [7, 11) is 0. The van der Waals surface area contributed by atoms with Crippen LogP contribution in [0.5, 0.6) is 0 Å². The normalized spacial score (nSPS) is 18.2. The third-order valence-corrected chi connectivity index (χ3v) is 5.29. The fraction of sp³-hybridized carbons (Fsp3) is 0.588. The fourth-order valence-electron chi connectivity index (χ4n) is 2.60. The summed E-state index contributed by atoms with van der Waals surface area (Å²) in [6.45, 7) is 7.32. The van der Waals surface area contributed by atoms with Gasteiger partial charge in [0.2, 0.25) is 0 Å². The van der Waals surface area contributed by atoms with Crippen LogP contribution in [0, 0.1) is 5.82 Å². The highest BCUT2D eigenvalue weighted by molar-refractivity contribution is 14.0. The van der Waals surface area contributed by atoms with E-state index in [9.17, 15) is 4.39 Å². The zero-order valence-electron chi connectivity index (χ0n) is 14.3. The molecule has 1 aliphatic rings. The number of halogens is 2. The predicted octanol–water partition coefficient (Wildman–Crippen LogP) is 3.23. The molecule has 0 radical (unpaired) electrons. The van der Waals surface area contributed by atoms with E-state index in [0.717, 1.165) is 36.9 Å². The molecule has 1 saturated heterocycles. The molecular weight excluding hydrogens is 440 g/mol. The van der Waals surface area contributed by atoms with Gasteiger partial charge in [-0.3, -0.25) is 0 Å². The minimum Gasteiger partial charge on any atom is -0.392 e. The summed E-state index contributed by atoms with van der Waals surface area (Å²) >= 11 is 2.03. The van der Waals surface area contributed by atoms with Crippen LogP contribution in [-0.2, 0) is 13.2 Å². The minimum atomic E-state index is -0.369. The highest BCUT2D eigenvalue weighted by Crippen LogP contribution is 2.21. The monoisotopic (exact) mass is 467 g/mol. The van der Waals surface area contributed by atoms with Crippen molar-refractivity contribution in [3.8, 4) is 0 Å². The third kappa shape index (κ3) is 6.07. The van der Waals surface area contributed by atoms with Crippen LogP contribution in [0.4, 0.5) is 4.39 Å². The lowest BCUT2D eigenvalue weighted by molar-refractivity contribution is 0.275. The van der Waals surface area contributed by atoms with Gasteiger partial charge in [0.25, 0.3) is 0 Å². The van der Waals surface area contributed by atoms with E-state index in [1.807, 2.05) is 11.8 Å². The molecule has 1 aliphatic heterocycles. The number of rotatable bonds is 5. The van der Waals surface area contributed by atoms with Crippen molar-refractivity contribution in [1.82, 2.24) is 10.2 Å². The van der Waals surface area contributed by atoms with Crippen molar-refractivity contribution in [3.63, 3.8) is 0 Å². The number of guanidine groups is 1. The first-order valence-electron chi connectivity index (χ1n) is 8.20. The fourth-order valence-corrected chi connectivity index (χ4v) is 3.78. The largest absolute Gasteiger partial charge is 0.392 e. The van der Waals surface area contributed by atoms with Gasteiger partial charge in [-0.05, 0) is 31.0 Å². The number of hydrogen-bond donors (Lipinski definition) is 2. The van der Waals surface area contributed by atoms with E-state index in [-0.39, 0.29) is 36.4 Å². The number of benzene rings is 1. The Morgan fingerprint density at radius 3 is 2.92 bits per heavy atom. The highest BCUT2D eigenvalue weighted by atomic mass is 127. The average molecular weight is 467 g/mol. The molecule has 7 heteroatoms. The molecule has 0 amide bonds. The SMILES string of the molecule is CCNC(=NCc1ccc(F)c(CO)c1)N1CCSC(CC)C1.I. The van der Waals surface area contributed by atoms with Gasteiger partial charge in [-0.25, -0.2) is 9.38 Å². The van der Waals surface area contributed by atoms with Gasteiger partial charge in [-0.15, -0.1) is 24.0 Å². The van der Waals surface area contributed by atoms with E-state index in [0.29, 0.717) is 17.4 Å². The summed E-state index contributed by atoms with van der Waals surface area (Å²) in [5.74, 6) is 1.67. The molecule has 0 spiro atoms. The van der Waals surface area contributed by atoms with Gasteiger partial charge in [-0.2, -0.15) is 11.8 Å². The molecule has 2 N–H and O–H groups in total. The molecule has 1 aromatic carbocycles. The summed E-state index contributed by atoms with van der Waals surface area (Å²) in [6, 6.07) is 4.81. The van der Waals surface area contributed by atoms with E-state index in [2.05, 4.69) is 24.1 Å². The van der Waals surface area contributed by atoms with E-state index >= 15 is 0 Å². The number of hydrogen-bond acceptors (Lipinski definition) is 3. The number of thioether (sulfide) groups is 1. The molecule has 1 unspecified atom stereocenters. The quantitative estimate of drug-likeness (QED) is 0.397. The molecular formula is C17H27FIN3OS. The average Bonchev–Trinajstić information content (AvgIpc) is 2.59. The van der Waals surface area contributed by atoms with Crippen LogP contribution in [0.3, 0.4) is 0 Å². The maximum Gasteiger partial charge on any atom is 0.194 e. The number of nitrogens with zero attached hydrogens (tertiary/aromatic N) is 2. The van der Waals surface area contributed by atoms with Gasteiger partial charge < -0.3 is 15.3 Å². The molecule has 2 rings (SSSR count).